The van der Waals surface area contributed by atoms with Gasteiger partial charge in [0.2, 0.25) is 0 Å². The van der Waals surface area contributed by atoms with E-state index >= 15 is 0 Å². The van der Waals surface area contributed by atoms with Crippen LogP contribution < -0.4 is 0 Å². The molecule has 1 aliphatic carbocycles. The van der Waals surface area contributed by atoms with Crippen molar-refractivity contribution in [1.82, 2.24) is 4.31 Å². The highest BCUT2D eigenvalue weighted by Gasteiger charge is 2.34. The van der Waals surface area contributed by atoms with E-state index in [-0.39, 0.29) is 10.3 Å². The molecule has 0 amide bonds. The number of alkyl halides is 1. The fourth-order valence-corrected chi connectivity index (χ4v) is 6.84. The molecule has 8 heteroatoms. The first-order chi connectivity index (χ1) is 8.96. The normalized spacial score (nSPS) is 17.5. The van der Waals surface area contributed by atoms with Crippen molar-refractivity contribution in [3.63, 3.8) is 0 Å². The van der Waals surface area contributed by atoms with E-state index in [2.05, 4.69) is 15.9 Å². The zero-order valence-corrected chi connectivity index (χ0v) is 14.8. The number of halogens is 3. The van der Waals surface area contributed by atoms with Crippen LogP contribution in [0.15, 0.2) is 14.1 Å². The highest BCUT2D eigenvalue weighted by Crippen LogP contribution is 2.37. The van der Waals surface area contributed by atoms with Crippen LogP contribution >= 0.6 is 50.5 Å². The lowest BCUT2D eigenvalue weighted by Gasteiger charge is -2.26. The van der Waals surface area contributed by atoms with E-state index < -0.39 is 10.0 Å². The molecule has 2 rings (SSSR count). The largest absolute Gasteiger partial charge is 0.252 e. The van der Waals surface area contributed by atoms with Gasteiger partial charge in [0, 0.05) is 18.5 Å². The first kappa shape index (κ1) is 16.0. The summed E-state index contributed by atoms with van der Waals surface area (Å²) in [5, 5.41) is 0.431. The topological polar surface area (TPSA) is 37.4 Å². The number of sulfonamides is 1. The molecule has 0 N–H and O–H groups in total. The zero-order chi connectivity index (χ0) is 14.0. The van der Waals surface area contributed by atoms with Gasteiger partial charge in [0.15, 0.2) is 0 Å². The molecule has 1 fully saturated rings. The van der Waals surface area contributed by atoms with Gasteiger partial charge in [-0.15, -0.1) is 22.9 Å². The van der Waals surface area contributed by atoms with Crippen molar-refractivity contribution in [2.45, 2.75) is 35.9 Å². The lowest BCUT2D eigenvalue weighted by Crippen LogP contribution is -2.39. The Bertz CT molecular complexity index is 521. The summed E-state index contributed by atoms with van der Waals surface area (Å²) in [5.41, 5.74) is 0. The molecule has 0 unspecified atom stereocenters. The average Bonchev–Trinajstić information content (AvgIpc) is 2.97. The molecule has 0 saturated heterocycles. The number of rotatable bonds is 5. The molecule has 1 heterocycles. The van der Waals surface area contributed by atoms with Gasteiger partial charge < -0.3 is 0 Å². The van der Waals surface area contributed by atoms with Crippen LogP contribution in [0.25, 0.3) is 0 Å². The van der Waals surface area contributed by atoms with E-state index in [1.165, 1.54) is 6.07 Å². The summed E-state index contributed by atoms with van der Waals surface area (Å²) in [6.45, 7) is 0.349. The molecule has 0 aliphatic heterocycles. The Labute approximate surface area is 136 Å². The van der Waals surface area contributed by atoms with Gasteiger partial charge >= 0.3 is 0 Å². The Balaban J connectivity index is 2.33. The predicted molar refractivity (Wildman–Crippen MR) is 83.9 cm³/mol. The van der Waals surface area contributed by atoms with Gasteiger partial charge in [-0.3, -0.25) is 0 Å². The third-order valence-corrected chi connectivity index (χ3v) is 8.27. The van der Waals surface area contributed by atoms with Gasteiger partial charge in [-0.25, -0.2) is 8.42 Å². The Morgan fingerprint density at radius 2 is 2.05 bits per heavy atom. The fraction of sp³-hybridized carbons (Fsp3) is 0.636. The van der Waals surface area contributed by atoms with Crippen molar-refractivity contribution in [2.24, 2.45) is 0 Å². The Kier molecular flexibility index (Phi) is 5.59. The SMILES string of the molecule is O=S(=O)(c1cc(Cl)c(Br)s1)N(CCCl)C1CCCC1. The van der Waals surface area contributed by atoms with E-state index in [0.29, 0.717) is 21.2 Å². The molecule has 0 aromatic carbocycles. The highest BCUT2D eigenvalue weighted by atomic mass is 79.9. The standard InChI is InChI=1S/C11H14BrCl2NO2S2/c12-11-9(14)7-10(18-11)19(16,17)15(6-5-13)8-3-1-2-4-8/h7-8H,1-6H2. The molecule has 1 saturated carbocycles. The van der Waals surface area contributed by atoms with E-state index in [1.54, 1.807) is 4.31 Å². The van der Waals surface area contributed by atoms with Gasteiger partial charge in [-0.2, -0.15) is 4.31 Å². The summed E-state index contributed by atoms with van der Waals surface area (Å²) in [4.78, 5) is 0. The molecule has 0 atom stereocenters. The molecule has 0 spiro atoms. The summed E-state index contributed by atoms with van der Waals surface area (Å²) in [7, 11) is -3.50. The van der Waals surface area contributed by atoms with Crippen LogP contribution in [0.5, 0.6) is 0 Å². The third-order valence-electron chi connectivity index (χ3n) is 3.22. The Morgan fingerprint density at radius 1 is 1.42 bits per heavy atom. The maximum atomic E-state index is 12.7. The van der Waals surface area contributed by atoms with Crippen LogP contribution in [0, 0.1) is 0 Å². The second-order valence-corrected chi connectivity index (χ2v) is 9.70. The number of hydrogen-bond acceptors (Lipinski definition) is 3. The summed E-state index contributed by atoms with van der Waals surface area (Å²) >= 11 is 16.1. The number of thiophene rings is 1. The van der Waals surface area contributed by atoms with Crippen molar-refractivity contribution in [3.8, 4) is 0 Å². The summed E-state index contributed by atoms with van der Waals surface area (Å²) < 4.78 is 27.8. The minimum absolute atomic E-state index is 0.0726. The molecule has 108 valence electrons. The van der Waals surface area contributed by atoms with Crippen molar-refractivity contribution < 1.29 is 8.42 Å². The van der Waals surface area contributed by atoms with Crippen molar-refractivity contribution in [2.75, 3.05) is 12.4 Å². The van der Waals surface area contributed by atoms with Gasteiger partial charge in [-0.05, 0) is 34.8 Å². The minimum atomic E-state index is -3.50. The summed E-state index contributed by atoms with van der Waals surface area (Å²) in [5.74, 6) is 0.302. The Morgan fingerprint density at radius 3 is 2.53 bits per heavy atom. The molecule has 0 bridgehead atoms. The highest BCUT2D eigenvalue weighted by molar-refractivity contribution is 9.11. The molecule has 1 aromatic rings. The van der Waals surface area contributed by atoms with Gasteiger partial charge in [-0.1, -0.05) is 24.4 Å². The van der Waals surface area contributed by atoms with Crippen LogP contribution in [0.4, 0.5) is 0 Å². The summed E-state index contributed by atoms with van der Waals surface area (Å²) in [6, 6.07) is 1.57. The minimum Gasteiger partial charge on any atom is -0.206 e. The monoisotopic (exact) mass is 405 g/mol. The zero-order valence-electron chi connectivity index (χ0n) is 10.1. The van der Waals surface area contributed by atoms with Crippen LogP contribution in [-0.4, -0.2) is 31.2 Å². The molecular formula is C11H14BrCl2NO2S2. The van der Waals surface area contributed by atoms with Crippen LogP contribution in [0.3, 0.4) is 0 Å². The first-order valence-electron chi connectivity index (χ1n) is 5.99. The van der Waals surface area contributed by atoms with Gasteiger partial charge in [0.05, 0.1) is 8.81 Å². The van der Waals surface area contributed by atoms with Crippen molar-refractivity contribution in [3.05, 3.63) is 14.9 Å². The molecule has 1 aromatic heterocycles. The van der Waals surface area contributed by atoms with E-state index in [9.17, 15) is 8.42 Å². The Hall–Kier alpha value is 0.670. The van der Waals surface area contributed by atoms with Crippen LogP contribution in [-0.2, 0) is 10.0 Å². The first-order valence-corrected chi connectivity index (χ1v) is 9.95. The third kappa shape index (κ3) is 3.47. The van der Waals surface area contributed by atoms with Crippen LogP contribution in [0.2, 0.25) is 5.02 Å². The van der Waals surface area contributed by atoms with E-state index in [1.807, 2.05) is 0 Å². The van der Waals surface area contributed by atoms with Crippen LogP contribution in [0.1, 0.15) is 25.7 Å². The lowest BCUT2D eigenvalue weighted by molar-refractivity contribution is 0.337. The smallest absolute Gasteiger partial charge is 0.206 e. The molecule has 3 nitrogen and oxygen atoms in total. The van der Waals surface area contributed by atoms with Gasteiger partial charge in [0.25, 0.3) is 10.0 Å². The molecule has 0 radical (unpaired) electrons. The summed E-state index contributed by atoms with van der Waals surface area (Å²) in [6.07, 6.45) is 3.98. The van der Waals surface area contributed by atoms with Crippen molar-refractivity contribution in [1.29, 1.82) is 0 Å². The molecular weight excluding hydrogens is 393 g/mol. The molecule has 1 aliphatic rings. The number of nitrogens with zero attached hydrogens (tertiary/aromatic N) is 1. The van der Waals surface area contributed by atoms with E-state index in [4.69, 9.17) is 23.2 Å². The fourth-order valence-electron chi connectivity index (χ4n) is 2.34. The molecule has 19 heavy (non-hydrogen) atoms. The lowest BCUT2D eigenvalue weighted by atomic mass is 10.2. The maximum Gasteiger partial charge on any atom is 0.252 e. The van der Waals surface area contributed by atoms with E-state index in [0.717, 1.165) is 37.0 Å². The maximum absolute atomic E-state index is 12.7. The second-order valence-electron chi connectivity index (χ2n) is 4.43. The second kappa shape index (κ2) is 6.62. The number of hydrogen-bond donors (Lipinski definition) is 0. The van der Waals surface area contributed by atoms with Gasteiger partial charge in [0.1, 0.15) is 4.21 Å². The average molecular weight is 407 g/mol. The predicted octanol–water partition coefficient (Wildman–Crippen LogP) is 4.34. The quantitative estimate of drug-likeness (QED) is 0.682. The van der Waals surface area contributed by atoms with Crippen molar-refractivity contribution >= 4 is 60.5 Å².